The summed E-state index contributed by atoms with van der Waals surface area (Å²) in [7, 11) is 0. The van der Waals surface area contributed by atoms with Gasteiger partial charge in [-0.25, -0.2) is 0 Å². The molecule has 0 aromatic carbocycles. The molecule has 0 saturated carbocycles. The monoisotopic (exact) mass is 302 g/mol. The third-order valence-electron chi connectivity index (χ3n) is 3.93. The highest BCUT2D eigenvalue weighted by atomic mass is 19.4. The molecule has 0 radical (unpaired) electrons. The predicted molar refractivity (Wildman–Crippen MR) is 57.5 cm³/mol. The molecule has 8 heteroatoms. The van der Waals surface area contributed by atoms with Crippen LogP contribution in [0.4, 0.5) is 22.0 Å². The van der Waals surface area contributed by atoms with Gasteiger partial charge in [-0.15, -0.1) is 0 Å². The van der Waals surface area contributed by atoms with E-state index in [1.54, 1.807) is 0 Å². The van der Waals surface area contributed by atoms with Crippen molar-refractivity contribution >= 4 is 5.78 Å². The van der Waals surface area contributed by atoms with Crippen LogP contribution in [0.1, 0.15) is 25.7 Å². The Kier molecular flexibility index (Phi) is 4.07. The summed E-state index contributed by atoms with van der Waals surface area (Å²) >= 11 is 0. The van der Waals surface area contributed by atoms with Gasteiger partial charge < -0.3 is 9.47 Å². The van der Waals surface area contributed by atoms with E-state index in [-0.39, 0.29) is 19.4 Å². The van der Waals surface area contributed by atoms with E-state index in [0.29, 0.717) is 26.1 Å². The molecular formula is C12H15F5O3. The second kappa shape index (κ2) is 5.22. The van der Waals surface area contributed by atoms with Gasteiger partial charge in [0.1, 0.15) is 0 Å². The van der Waals surface area contributed by atoms with Gasteiger partial charge in [-0.2, -0.15) is 22.0 Å². The lowest BCUT2D eigenvalue weighted by Crippen LogP contribution is -2.52. The predicted octanol–water partition coefficient (Wildman–Crippen LogP) is 2.73. The number of alkyl halides is 5. The molecule has 1 spiro atoms. The van der Waals surface area contributed by atoms with Gasteiger partial charge in [-0.1, -0.05) is 0 Å². The molecule has 1 atom stereocenters. The van der Waals surface area contributed by atoms with Crippen LogP contribution in [0.15, 0.2) is 0 Å². The van der Waals surface area contributed by atoms with Gasteiger partial charge in [-0.05, 0) is 25.7 Å². The first-order chi connectivity index (χ1) is 9.18. The molecule has 2 rings (SSSR count). The van der Waals surface area contributed by atoms with Crippen LogP contribution in [0.5, 0.6) is 0 Å². The second-order valence-electron chi connectivity index (χ2n) is 5.27. The molecule has 2 heterocycles. The van der Waals surface area contributed by atoms with Gasteiger partial charge in [0.2, 0.25) is 5.78 Å². The number of halogens is 5. The standard InChI is InChI=1S/C12H15F5O3/c13-11(14,12(15,16)17)9(18)8-1-4-20-10(7-8)2-5-19-6-3-10/h8H,1-7H2. The van der Waals surface area contributed by atoms with E-state index in [2.05, 4.69) is 0 Å². The number of ether oxygens (including phenoxy) is 2. The fraction of sp³-hybridized carbons (Fsp3) is 0.917. The smallest absolute Gasteiger partial charge is 0.381 e. The van der Waals surface area contributed by atoms with Crippen LogP contribution in [-0.2, 0) is 14.3 Å². The molecule has 0 aromatic rings. The Hall–Kier alpha value is -0.760. The van der Waals surface area contributed by atoms with Crippen molar-refractivity contribution in [2.24, 2.45) is 5.92 Å². The Labute approximate surface area is 112 Å². The molecule has 20 heavy (non-hydrogen) atoms. The maximum Gasteiger partial charge on any atom is 0.461 e. The van der Waals surface area contributed by atoms with Gasteiger partial charge in [0.25, 0.3) is 0 Å². The quantitative estimate of drug-likeness (QED) is 0.736. The molecule has 0 N–H and O–H groups in total. The van der Waals surface area contributed by atoms with E-state index in [4.69, 9.17) is 9.47 Å². The third kappa shape index (κ3) is 2.81. The van der Waals surface area contributed by atoms with Crippen LogP contribution in [0.25, 0.3) is 0 Å². The molecular weight excluding hydrogens is 287 g/mol. The minimum atomic E-state index is -5.84. The Morgan fingerprint density at radius 1 is 1.05 bits per heavy atom. The largest absolute Gasteiger partial charge is 0.461 e. The van der Waals surface area contributed by atoms with E-state index >= 15 is 0 Å². The average Bonchev–Trinajstić information content (AvgIpc) is 2.37. The molecule has 116 valence electrons. The van der Waals surface area contributed by atoms with Crippen LogP contribution in [-0.4, -0.2) is 43.3 Å². The van der Waals surface area contributed by atoms with E-state index < -0.39 is 29.4 Å². The molecule has 0 bridgehead atoms. The van der Waals surface area contributed by atoms with Crippen molar-refractivity contribution in [1.29, 1.82) is 0 Å². The first-order valence-electron chi connectivity index (χ1n) is 6.39. The normalized spacial score (nSPS) is 27.6. The first-order valence-corrected chi connectivity index (χ1v) is 6.39. The Bertz CT molecular complexity index is 368. The molecule has 0 amide bonds. The lowest BCUT2D eigenvalue weighted by atomic mass is 9.78. The SMILES string of the molecule is O=C(C1CCOC2(CCOCC2)C1)C(F)(F)C(F)(F)F. The lowest BCUT2D eigenvalue weighted by molar-refractivity contribution is -0.272. The maximum absolute atomic E-state index is 13.1. The van der Waals surface area contributed by atoms with Gasteiger partial charge >= 0.3 is 12.1 Å². The van der Waals surface area contributed by atoms with Crippen molar-refractivity contribution in [1.82, 2.24) is 0 Å². The number of ketones is 1. The van der Waals surface area contributed by atoms with Crippen molar-refractivity contribution < 1.29 is 36.2 Å². The van der Waals surface area contributed by atoms with E-state index in [0.717, 1.165) is 0 Å². The fourth-order valence-electron chi connectivity index (χ4n) is 2.74. The highest BCUT2D eigenvalue weighted by Gasteiger charge is 2.64. The third-order valence-corrected chi connectivity index (χ3v) is 3.93. The molecule has 2 aliphatic rings. The van der Waals surface area contributed by atoms with Crippen molar-refractivity contribution in [3.05, 3.63) is 0 Å². The zero-order valence-electron chi connectivity index (χ0n) is 10.6. The van der Waals surface area contributed by atoms with Gasteiger partial charge in [-0.3, -0.25) is 4.79 Å². The summed E-state index contributed by atoms with van der Waals surface area (Å²) in [6.45, 7) is 0.734. The topological polar surface area (TPSA) is 35.5 Å². The zero-order chi connectivity index (χ0) is 15.0. The van der Waals surface area contributed by atoms with E-state index in [1.165, 1.54) is 0 Å². The van der Waals surface area contributed by atoms with Crippen LogP contribution in [0.2, 0.25) is 0 Å². The molecule has 0 aromatic heterocycles. The second-order valence-corrected chi connectivity index (χ2v) is 5.27. The fourth-order valence-corrected chi connectivity index (χ4v) is 2.74. The Morgan fingerprint density at radius 3 is 2.20 bits per heavy atom. The molecule has 0 aliphatic carbocycles. The van der Waals surface area contributed by atoms with Crippen molar-refractivity contribution in [3.8, 4) is 0 Å². The number of hydrogen-bond donors (Lipinski definition) is 0. The Balaban J connectivity index is 2.11. The summed E-state index contributed by atoms with van der Waals surface area (Å²) in [4.78, 5) is 11.5. The van der Waals surface area contributed by atoms with E-state index in [9.17, 15) is 26.7 Å². The Morgan fingerprint density at radius 2 is 1.65 bits per heavy atom. The van der Waals surface area contributed by atoms with Gasteiger partial charge in [0, 0.05) is 25.7 Å². The highest BCUT2D eigenvalue weighted by molar-refractivity contribution is 5.88. The first kappa shape index (κ1) is 15.6. The minimum Gasteiger partial charge on any atom is -0.381 e. The van der Waals surface area contributed by atoms with Gasteiger partial charge in [0.15, 0.2) is 0 Å². The van der Waals surface area contributed by atoms with Crippen LogP contribution in [0.3, 0.4) is 0 Å². The summed E-state index contributed by atoms with van der Waals surface area (Å²) in [6, 6.07) is 0. The number of carbonyl (C=O) groups is 1. The number of Topliss-reactive ketones (excluding diaryl/α,β-unsaturated/α-hetero) is 1. The summed E-state index contributed by atoms with van der Waals surface area (Å²) in [6.07, 6.45) is -5.22. The number of carbonyl (C=O) groups excluding carboxylic acids is 1. The highest BCUT2D eigenvalue weighted by Crippen LogP contribution is 2.43. The van der Waals surface area contributed by atoms with Crippen molar-refractivity contribution in [3.63, 3.8) is 0 Å². The average molecular weight is 302 g/mol. The van der Waals surface area contributed by atoms with Crippen LogP contribution < -0.4 is 0 Å². The summed E-state index contributed by atoms with van der Waals surface area (Å²) in [5, 5.41) is 0. The van der Waals surface area contributed by atoms with Gasteiger partial charge in [0.05, 0.1) is 5.60 Å². The lowest BCUT2D eigenvalue weighted by Gasteiger charge is -2.43. The summed E-state index contributed by atoms with van der Waals surface area (Å²) < 4.78 is 73.6. The van der Waals surface area contributed by atoms with Crippen molar-refractivity contribution in [2.75, 3.05) is 19.8 Å². The van der Waals surface area contributed by atoms with Crippen molar-refractivity contribution in [2.45, 2.75) is 43.4 Å². The minimum absolute atomic E-state index is 0.0182. The molecule has 2 fully saturated rings. The van der Waals surface area contributed by atoms with Crippen LogP contribution in [0, 0.1) is 5.92 Å². The zero-order valence-corrected chi connectivity index (χ0v) is 10.6. The molecule has 1 unspecified atom stereocenters. The number of rotatable bonds is 2. The molecule has 3 nitrogen and oxygen atoms in total. The van der Waals surface area contributed by atoms with Crippen LogP contribution >= 0.6 is 0 Å². The molecule has 2 aliphatic heterocycles. The summed E-state index contributed by atoms with van der Waals surface area (Å²) in [5.41, 5.74) is -0.793. The summed E-state index contributed by atoms with van der Waals surface area (Å²) in [5.74, 6) is -8.65. The number of hydrogen-bond acceptors (Lipinski definition) is 3. The molecule has 2 saturated heterocycles. The maximum atomic E-state index is 13.1. The van der Waals surface area contributed by atoms with E-state index in [1.807, 2.05) is 0 Å².